The van der Waals surface area contributed by atoms with Gasteiger partial charge in [-0.15, -0.1) is 0 Å². The van der Waals surface area contributed by atoms with Crippen LogP contribution in [-0.2, 0) is 0 Å². The van der Waals surface area contributed by atoms with E-state index >= 15 is 0 Å². The first-order chi connectivity index (χ1) is 13.1. The first-order valence-electron chi connectivity index (χ1n) is 11.1. The second-order valence-corrected chi connectivity index (χ2v) is 10.7. The molecule has 0 amide bonds. The van der Waals surface area contributed by atoms with Gasteiger partial charge in [0.2, 0.25) is 0 Å². The van der Waals surface area contributed by atoms with Crippen molar-refractivity contribution in [1.29, 1.82) is 0 Å². The third kappa shape index (κ3) is 4.98. The molecule has 4 aliphatic rings. The average molecular weight is 414 g/mol. The Morgan fingerprint density at radius 1 is 1.04 bits per heavy atom. The van der Waals surface area contributed by atoms with E-state index in [1.807, 2.05) is 0 Å². The molecule has 156 valence electrons. The highest BCUT2D eigenvalue weighted by atomic mass is 33.1. The molecule has 3 saturated heterocycles. The van der Waals surface area contributed by atoms with Crippen molar-refractivity contribution in [2.75, 3.05) is 52.4 Å². The van der Waals surface area contributed by atoms with Crippen LogP contribution in [0.2, 0.25) is 0 Å². The minimum Gasteiger partial charge on any atom is -0.311 e. The number of thiol groups is 1. The fraction of sp³-hybridized carbons (Fsp3) is 1.00. The Hall–Kier alpha value is 0.500. The summed E-state index contributed by atoms with van der Waals surface area (Å²) in [6.45, 7) is 14.5. The largest absolute Gasteiger partial charge is 0.311 e. The summed E-state index contributed by atoms with van der Waals surface area (Å²) in [5.74, 6) is 0.881. The lowest BCUT2D eigenvalue weighted by Gasteiger charge is -2.41. The van der Waals surface area contributed by atoms with E-state index in [2.05, 4.69) is 50.2 Å². The van der Waals surface area contributed by atoms with Gasteiger partial charge < -0.3 is 15.5 Å². The minimum absolute atomic E-state index is 0.424. The molecule has 0 aromatic rings. The highest BCUT2D eigenvalue weighted by molar-refractivity contribution is 8.67. The van der Waals surface area contributed by atoms with Crippen molar-refractivity contribution in [2.45, 2.75) is 69.6 Å². The van der Waals surface area contributed by atoms with Gasteiger partial charge in [-0.2, -0.15) is 0 Å². The van der Waals surface area contributed by atoms with Crippen molar-refractivity contribution in [3.8, 4) is 0 Å². The molecule has 2 N–H and O–H groups in total. The van der Waals surface area contributed by atoms with E-state index in [0.29, 0.717) is 17.6 Å². The molecule has 0 bridgehead atoms. The fourth-order valence-electron chi connectivity index (χ4n) is 5.75. The van der Waals surface area contributed by atoms with E-state index in [9.17, 15) is 0 Å². The molecule has 5 atom stereocenters. The molecule has 1 saturated carbocycles. The molecule has 0 radical (unpaired) electrons. The number of hydrogen-bond donors (Lipinski definition) is 3. The van der Waals surface area contributed by atoms with E-state index in [-0.39, 0.29) is 0 Å². The topological polar surface area (TPSA) is 33.8 Å². The number of piperazine rings is 2. The van der Waals surface area contributed by atoms with Crippen LogP contribution in [0.1, 0.15) is 46.0 Å². The average Bonchev–Trinajstić information content (AvgIpc) is 3.10. The van der Waals surface area contributed by atoms with Gasteiger partial charge in [0.15, 0.2) is 0 Å². The van der Waals surface area contributed by atoms with Gasteiger partial charge in [-0.25, -0.2) is 4.31 Å². The summed E-state index contributed by atoms with van der Waals surface area (Å²) in [5, 5.41) is 7.64. The lowest BCUT2D eigenvalue weighted by molar-refractivity contribution is 0.116. The van der Waals surface area contributed by atoms with E-state index in [1.165, 1.54) is 58.3 Å². The SMILES string of the molecule is CC(CC1CC12CN(C(C)CC1CN(SS)CCN1)CCN2)N1CCCC1. The van der Waals surface area contributed by atoms with Gasteiger partial charge in [0.05, 0.1) is 0 Å². The predicted octanol–water partition coefficient (Wildman–Crippen LogP) is 2.07. The van der Waals surface area contributed by atoms with E-state index in [1.54, 1.807) is 11.0 Å². The van der Waals surface area contributed by atoms with Crippen LogP contribution in [0.3, 0.4) is 0 Å². The van der Waals surface area contributed by atoms with Gasteiger partial charge in [-0.3, -0.25) is 4.90 Å². The van der Waals surface area contributed by atoms with Crippen molar-refractivity contribution in [3.63, 3.8) is 0 Å². The first-order valence-corrected chi connectivity index (χ1v) is 13.0. The molecule has 7 heteroatoms. The predicted molar refractivity (Wildman–Crippen MR) is 119 cm³/mol. The van der Waals surface area contributed by atoms with Crippen molar-refractivity contribution in [1.82, 2.24) is 24.7 Å². The van der Waals surface area contributed by atoms with Crippen LogP contribution >= 0.6 is 22.6 Å². The van der Waals surface area contributed by atoms with E-state index in [0.717, 1.165) is 38.1 Å². The Balaban J connectivity index is 1.25. The second-order valence-electron chi connectivity index (χ2n) is 9.49. The lowest BCUT2D eigenvalue weighted by Crippen LogP contribution is -2.58. The van der Waals surface area contributed by atoms with Crippen LogP contribution in [0, 0.1) is 5.92 Å². The van der Waals surface area contributed by atoms with Crippen LogP contribution in [-0.4, -0.2) is 90.1 Å². The zero-order valence-corrected chi connectivity index (χ0v) is 18.9. The van der Waals surface area contributed by atoms with Gasteiger partial charge >= 0.3 is 0 Å². The monoisotopic (exact) mass is 413 g/mol. The first kappa shape index (κ1) is 20.8. The maximum Gasteiger partial charge on any atom is 0.0342 e. The molecule has 1 aliphatic carbocycles. The number of hydrogen-bond acceptors (Lipinski definition) is 7. The second kappa shape index (κ2) is 9.11. The van der Waals surface area contributed by atoms with Crippen LogP contribution in [0.5, 0.6) is 0 Å². The van der Waals surface area contributed by atoms with Crippen LogP contribution < -0.4 is 10.6 Å². The molecular weight excluding hydrogens is 374 g/mol. The van der Waals surface area contributed by atoms with Gasteiger partial charge in [-0.1, -0.05) is 11.7 Å². The number of rotatable bonds is 7. The third-order valence-corrected chi connectivity index (χ3v) is 8.82. The zero-order valence-electron chi connectivity index (χ0n) is 17.2. The Morgan fingerprint density at radius 3 is 2.59 bits per heavy atom. The molecule has 0 aromatic carbocycles. The molecule has 1 spiro atoms. The van der Waals surface area contributed by atoms with Crippen LogP contribution in [0.15, 0.2) is 0 Å². The molecule has 5 unspecified atom stereocenters. The molecule has 3 aliphatic heterocycles. The standard InChI is InChI=1S/C20H39N5S2/c1-16(23-7-3-4-8-23)11-18-13-20(18)15-24(9-6-22-20)17(2)12-19-14-25(27-26)10-5-21-19/h16-19,21-22,26H,3-15H2,1-2H3. The van der Waals surface area contributed by atoms with Crippen LogP contribution in [0.25, 0.3) is 0 Å². The molecule has 4 rings (SSSR count). The number of nitrogens with one attached hydrogen (secondary N) is 2. The van der Waals surface area contributed by atoms with Gasteiger partial charge in [0, 0.05) is 62.9 Å². The molecular formula is C20H39N5S2. The van der Waals surface area contributed by atoms with E-state index < -0.39 is 0 Å². The number of nitrogens with zero attached hydrogens (tertiary/aromatic N) is 3. The Kier molecular flexibility index (Phi) is 7.00. The van der Waals surface area contributed by atoms with E-state index in [4.69, 9.17) is 0 Å². The number of likely N-dealkylation sites (tertiary alicyclic amines) is 1. The van der Waals surface area contributed by atoms with Crippen molar-refractivity contribution in [3.05, 3.63) is 0 Å². The molecule has 3 heterocycles. The summed E-state index contributed by atoms with van der Waals surface area (Å²) < 4.78 is 2.38. The maximum atomic E-state index is 4.39. The highest BCUT2D eigenvalue weighted by Crippen LogP contribution is 2.49. The van der Waals surface area contributed by atoms with Crippen molar-refractivity contribution >= 4 is 22.6 Å². The molecule has 4 fully saturated rings. The zero-order chi connectivity index (χ0) is 18.9. The Bertz CT molecular complexity index is 489. The summed E-state index contributed by atoms with van der Waals surface area (Å²) in [5.41, 5.74) is 0.424. The normalized spacial score (nSPS) is 38.3. The van der Waals surface area contributed by atoms with Gasteiger partial charge in [-0.05, 0) is 75.9 Å². The summed E-state index contributed by atoms with van der Waals surface area (Å²) in [6.07, 6.45) is 6.83. The summed E-state index contributed by atoms with van der Waals surface area (Å²) in [6, 6.07) is 2.02. The van der Waals surface area contributed by atoms with Gasteiger partial charge in [0.25, 0.3) is 0 Å². The lowest BCUT2D eigenvalue weighted by atomic mass is 10.0. The quantitative estimate of drug-likeness (QED) is 0.337. The van der Waals surface area contributed by atoms with Gasteiger partial charge in [0.1, 0.15) is 0 Å². The highest BCUT2D eigenvalue weighted by Gasteiger charge is 2.56. The fourth-order valence-corrected chi connectivity index (χ4v) is 6.62. The smallest absolute Gasteiger partial charge is 0.0342 e. The summed E-state index contributed by atoms with van der Waals surface area (Å²) in [7, 11) is 1.60. The van der Waals surface area contributed by atoms with Crippen LogP contribution in [0.4, 0.5) is 0 Å². The summed E-state index contributed by atoms with van der Waals surface area (Å²) >= 11 is 4.39. The Morgan fingerprint density at radius 2 is 1.81 bits per heavy atom. The summed E-state index contributed by atoms with van der Waals surface area (Å²) in [4.78, 5) is 5.49. The van der Waals surface area contributed by atoms with Crippen molar-refractivity contribution in [2.24, 2.45) is 5.92 Å². The third-order valence-electron chi connectivity index (χ3n) is 7.57. The maximum absolute atomic E-state index is 4.39. The molecule has 0 aromatic heterocycles. The van der Waals surface area contributed by atoms with Crippen molar-refractivity contribution < 1.29 is 0 Å². The Labute approximate surface area is 175 Å². The molecule has 27 heavy (non-hydrogen) atoms. The molecule has 5 nitrogen and oxygen atoms in total. The minimum atomic E-state index is 0.424.